The van der Waals surface area contributed by atoms with E-state index < -0.39 is 0 Å². The van der Waals surface area contributed by atoms with Crippen LogP contribution in [0.15, 0.2) is 42.5 Å². The molecule has 0 aliphatic heterocycles. The van der Waals surface area contributed by atoms with Crippen LogP contribution in [0.2, 0.25) is 0 Å². The highest BCUT2D eigenvalue weighted by molar-refractivity contribution is 7.66. The summed E-state index contributed by atoms with van der Waals surface area (Å²) in [4.78, 5) is 0. The van der Waals surface area contributed by atoms with Crippen LogP contribution in [0, 0.1) is 0 Å². The van der Waals surface area contributed by atoms with Crippen molar-refractivity contribution in [2.75, 3.05) is 12.3 Å². The summed E-state index contributed by atoms with van der Waals surface area (Å²) in [5.41, 5.74) is 0. The predicted molar refractivity (Wildman–Crippen MR) is 118 cm³/mol. The van der Waals surface area contributed by atoms with E-state index in [1.54, 1.807) is 5.30 Å². The van der Waals surface area contributed by atoms with Crippen LogP contribution in [0.5, 0.6) is 0 Å². The molecule has 1 heteroatoms. The van der Waals surface area contributed by atoms with Crippen LogP contribution in [-0.2, 0) is 0 Å². The molecule has 0 saturated heterocycles. The van der Waals surface area contributed by atoms with E-state index in [4.69, 9.17) is 0 Å². The zero-order valence-electron chi connectivity index (χ0n) is 16.5. The van der Waals surface area contributed by atoms with E-state index in [-0.39, 0.29) is 7.92 Å². The molecule has 0 nitrogen and oxygen atoms in total. The highest BCUT2D eigenvalue weighted by Crippen LogP contribution is 2.39. The molecule has 0 radical (unpaired) electrons. The van der Waals surface area contributed by atoms with Crippen LogP contribution < -0.4 is 5.30 Å². The molecule has 0 saturated carbocycles. The van der Waals surface area contributed by atoms with Crippen molar-refractivity contribution in [3.63, 3.8) is 0 Å². The Kier molecular flexibility index (Phi) is 10.2. The molecule has 0 atom stereocenters. The van der Waals surface area contributed by atoms with Crippen molar-refractivity contribution < 1.29 is 0 Å². The average molecular weight is 357 g/mol. The fraction of sp³-hybridized carbons (Fsp3) is 0.583. The molecule has 0 amide bonds. The maximum absolute atomic E-state index is 2.42. The highest BCUT2D eigenvalue weighted by Gasteiger charge is 2.13. The lowest BCUT2D eigenvalue weighted by Crippen LogP contribution is -2.08. The zero-order valence-corrected chi connectivity index (χ0v) is 17.4. The van der Waals surface area contributed by atoms with Crippen molar-refractivity contribution >= 4 is 24.0 Å². The molecule has 2 aromatic carbocycles. The Morgan fingerprint density at radius 2 is 1.16 bits per heavy atom. The topological polar surface area (TPSA) is 0 Å². The summed E-state index contributed by atoms with van der Waals surface area (Å²) in [6.07, 6.45) is 16.9. The summed E-state index contributed by atoms with van der Waals surface area (Å²) in [5, 5.41) is 4.60. The lowest BCUT2D eigenvalue weighted by Gasteiger charge is -2.20. The summed E-state index contributed by atoms with van der Waals surface area (Å²) in [6.45, 7) is 4.61. The molecule has 25 heavy (non-hydrogen) atoms. The molecule has 138 valence electrons. The first-order valence-corrected chi connectivity index (χ1v) is 12.3. The fourth-order valence-electron chi connectivity index (χ4n) is 3.65. The Labute approximate surface area is 157 Å². The van der Waals surface area contributed by atoms with Crippen LogP contribution in [0.4, 0.5) is 0 Å². The van der Waals surface area contributed by atoms with Crippen LogP contribution in [0.1, 0.15) is 78.1 Å². The van der Waals surface area contributed by atoms with Crippen molar-refractivity contribution in [1.82, 2.24) is 0 Å². The van der Waals surface area contributed by atoms with Gasteiger partial charge in [-0.1, -0.05) is 116 Å². The third-order valence-corrected chi connectivity index (χ3v) is 7.95. The standard InChI is InChI=1S/C24H37P/c1-3-5-7-9-13-20-25(21-14-10-8-6-4-2)24-19-15-17-22-16-11-12-18-23(22)24/h11-12,15-19H,3-10,13-14,20-21H2,1-2H3. The van der Waals surface area contributed by atoms with Gasteiger partial charge in [-0.2, -0.15) is 0 Å². The van der Waals surface area contributed by atoms with Crippen LogP contribution in [-0.4, -0.2) is 12.3 Å². The summed E-state index contributed by atoms with van der Waals surface area (Å²) >= 11 is 0. The first-order chi connectivity index (χ1) is 12.4. The van der Waals surface area contributed by atoms with Gasteiger partial charge in [0.25, 0.3) is 0 Å². The fourth-order valence-corrected chi connectivity index (χ4v) is 6.41. The molecule has 0 spiro atoms. The molecular weight excluding hydrogens is 319 g/mol. The molecule has 0 bridgehead atoms. The summed E-state index contributed by atoms with van der Waals surface area (Å²) < 4.78 is 0. The number of fused-ring (bicyclic) bond motifs is 1. The minimum absolute atomic E-state index is 0.00268. The number of hydrogen-bond acceptors (Lipinski definition) is 0. The van der Waals surface area contributed by atoms with E-state index in [2.05, 4.69) is 56.3 Å². The van der Waals surface area contributed by atoms with Gasteiger partial charge in [0.15, 0.2) is 0 Å². The average Bonchev–Trinajstić information content (AvgIpc) is 2.65. The minimum atomic E-state index is 0.00268. The minimum Gasteiger partial charge on any atom is -0.0746 e. The highest BCUT2D eigenvalue weighted by atomic mass is 31.1. The van der Waals surface area contributed by atoms with Crippen LogP contribution >= 0.6 is 7.92 Å². The van der Waals surface area contributed by atoms with E-state index >= 15 is 0 Å². The Hall–Kier alpha value is -0.870. The molecule has 0 aliphatic carbocycles. The van der Waals surface area contributed by atoms with Gasteiger partial charge in [-0.05, 0) is 41.2 Å². The lowest BCUT2D eigenvalue weighted by molar-refractivity contribution is 0.653. The molecule has 0 unspecified atom stereocenters. The first-order valence-electron chi connectivity index (χ1n) is 10.6. The second-order valence-electron chi connectivity index (χ2n) is 7.31. The Morgan fingerprint density at radius 3 is 1.80 bits per heavy atom. The van der Waals surface area contributed by atoms with Crippen molar-refractivity contribution in [3.05, 3.63) is 42.5 Å². The molecule has 0 heterocycles. The van der Waals surface area contributed by atoms with Gasteiger partial charge in [0.1, 0.15) is 0 Å². The van der Waals surface area contributed by atoms with Gasteiger partial charge in [0.05, 0.1) is 0 Å². The largest absolute Gasteiger partial charge is 0.0746 e. The van der Waals surface area contributed by atoms with Crippen molar-refractivity contribution in [1.29, 1.82) is 0 Å². The SMILES string of the molecule is CCCCCCCP(CCCCCCC)c1cccc2ccccc12. The maximum Gasteiger partial charge on any atom is -0.0107 e. The molecule has 2 aromatic rings. The van der Waals surface area contributed by atoms with Gasteiger partial charge in [-0.3, -0.25) is 0 Å². The Morgan fingerprint density at radius 1 is 0.600 bits per heavy atom. The second-order valence-corrected chi connectivity index (χ2v) is 9.77. The van der Waals surface area contributed by atoms with E-state index in [9.17, 15) is 0 Å². The van der Waals surface area contributed by atoms with E-state index in [0.717, 1.165) is 0 Å². The monoisotopic (exact) mass is 356 g/mol. The number of hydrogen-bond donors (Lipinski definition) is 0. The van der Waals surface area contributed by atoms with E-state index in [1.165, 1.54) is 87.3 Å². The van der Waals surface area contributed by atoms with Gasteiger partial charge in [-0.15, -0.1) is 0 Å². The third kappa shape index (κ3) is 7.10. The second kappa shape index (κ2) is 12.5. The molecule has 0 aliphatic rings. The number of benzene rings is 2. The zero-order chi connectivity index (χ0) is 17.7. The number of rotatable bonds is 13. The van der Waals surface area contributed by atoms with Gasteiger partial charge in [-0.25, -0.2) is 0 Å². The molecule has 0 aromatic heterocycles. The molecule has 0 fully saturated rings. The van der Waals surface area contributed by atoms with Gasteiger partial charge >= 0.3 is 0 Å². The lowest BCUT2D eigenvalue weighted by atomic mass is 10.1. The van der Waals surface area contributed by atoms with Crippen LogP contribution in [0.25, 0.3) is 10.8 Å². The van der Waals surface area contributed by atoms with Gasteiger partial charge in [0, 0.05) is 0 Å². The summed E-state index contributed by atoms with van der Waals surface area (Å²) in [5.74, 6) is 0. The maximum atomic E-state index is 2.42. The van der Waals surface area contributed by atoms with Gasteiger partial charge in [0.2, 0.25) is 0 Å². The van der Waals surface area contributed by atoms with Crippen LogP contribution in [0.3, 0.4) is 0 Å². The first kappa shape index (κ1) is 20.4. The number of unbranched alkanes of at least 4 members (excludes halogenated alkanes) is 8. The summed E-state index contributed by atoms with van der Waals surface area (Å²) in [6, 6.07) is 16.0. The Balaban J connectivity index is 2.01. The predicted octanol–water partition coefficient (Wildman–Crippen LogP) is 7.89. The van der Waals surface area contributed by atoms with Crippen molar-refractivity contribution in [2.45, 2.75) is 78.1 Å². The molecule has 0 N–H and O–H groups in total. The smallest absolute Gasteiger partial charge is 0.0107 e. The molecular formula is C24H37P. The summed E-state index contributed by atoms with van der Waals surface area (Å²) in [7, 11) is 0.00268. The quantitative estimate of drug-likeness (QED) is 0.253. The normalized spacial score (nSPS) is 11.5. The van der Waals surface area contributed by atoms with Crippen molar-refractivity contribution in [3.8, 4) is 0 Å². The van der Waals surface area contributed by atoms with E-state index in [0.29, 0.717) is 0 Å². The van der Waals surface area contributed by atoms with Gasteiger partial charge < -0.3 is 0 Å². The Bertz CT molecular complexity index is 570. The van der Waals surface area contributed by atoms with Crippen molar-refractivity contribution in [2.24, 2.45) is 0 Å². The molecule has 2 rings (SSSR count). The third-order valence-electron chi connectivity index (χ3n) is 5.17. The van der Waals surface area contributed by atoms with E-state index in [1.807, 2.05) is 0 Å².